The zero-order valence-electron chi connectivity index (χ0n) is 15.3. The minimum Gasteiger partial charge on any atom is -0.446 e. The number of nitrogens with two attached hydrogens (primary N) is 1. The van der Waals surface area contributed by atoms with Crippen molar-refractivity contribution in [2.24, 2.45) is 10.7 Å². The molecular weight excluding hydrogens is 376 g/mol. The fourth-order valence-corrected chi connectivity index (χ4v) is 4.08. The third-order valence-electron chi connectivity index (χ3n) is 4.64. The lowest BCUT2D eigenvalue weighted by molar-refractivity contribution is 0.500. The van der Waals surface area contributed by atoms with Crippen molar-refractivity contribution in [1.82, 2.24) is 0 Å². The van der Waals surface area contributed by atoms with E-state index in [0.717, 1.165) is 22.9 Å². The van der Waals surface area contributed by atoms with Gasteiger partial charge in [-0.05, 0) is 54.4 Å². The van der Waals surface area contributed by atoms with Gasteiger partial charge in [0.2, 0.25) is 5.55 Å². The molecule has 1 aromatic heterocycles. The van der Waals surface area contributed by atoms with Crippen molar-refractivity contribution in [1.29, 1.82) is 0 Å². The SMILES string of the molecule is CCc1ccc(S(=O)(=O)Nc2ccc(N3CN=c4occc4=C3N)cc2)cc1. The van der Waals surface area contributed by atoms with Gasteiger partial charge in [0.25, 0.3) is 10.0 Å². The van der Waals surface area contributed by atoms with Crippen molar-refractivity contribution in [3.05, 3.63) is 77.2 Å². The first-order chi connectivity index (χ1) is 13.5. The minimum atomic E-state index is -3.64. The number of benzene rings is 2. The Morgan fingerprint density at radius 2 is 1.82 bits per heavy atom. The van der Waals surface area contributed by atoms with Crippen LogP contribution in [0, 0.1) is 0 Å². The Hall–Kier alpha value is -3.26. The summed E-state index contributed by atoms with van der Waals surface area (Å²) >= 11 is 0. The second kappa shape index (κ2) is 7.05. The minimum absolute atomic E-state index is 0.230. The van der Waals surface area contributed by atoms with Crippen LogP contribution in [0.25, 0.3) is 5.82 Å². The highest BCUT2D eigenvalue weighted by molar-refractivity contribution is 7.92. The largest absolute Gasteiger partial charge is 0.446 e. The molecule has 0 bridgehead atoms. The number of aryl methyl sites for hydroxylation is 1. The van der Waals surface area contributed by atoms with Gasteiger partial charge in [-0.25, -0.2) is 13.4 Å². The lowest BCUT2D eigenvalue weighted by Crippen LogP contribution is -2.42. The number of hydrogen-bond acceptors (Lipinski definition) is 6. The predicted molar refractivity (Wildman–Crippen MR) is 108 cm³/mol. The van der Waals surface area contributed by atoms with E-state index in [-0.39, 0.29) is 4.90 Å². The molecule has 0 amide bonds. The van der Waals surface area contributed by atoms with Crippen molar-refractivity contribution in [2.75, 3.05) is 16.3 Å². The summed E-state index contributed by atoms with van der Waals surface area (Å²) in [6.07, 6.45) is 2.41. The zero-order chi connectivity index (χ0) is 19.7. The standard InChI is InChI=1S/C20H20N4O3S/c1-2-14-3-9-17(10-4-14)28(25,26)23-15-5-7-16(8-6-15)24-13-22-20-18(19(24)21)11-12-27-20/h3-12,23H,2,13,21H2,1H3. The zero-order valence-corrected chi connectivity index (χ0v) is 16.1. The molecule has 0 unspecified atom stereocenters. The summed E-state index contributed by atoms with van der Waals surface area (Å²) in [6.45, 7) is 2.36. The molecule has 0 fully saturated rings. The van der Waals surface area contributed by atoms with Gasteiger partial charge in [-0.1, -0.05) is 19.1 Å². The van der Waals surface area contributed by atoms with Crippen LogP contribution in [0.4, 0.5) is 11.4 Å². The number of fused-ring (bicyclic) bond motifs is 1. The van der Waals surface area contributed by atoms with Crippen LogP contribution in [0.5, 0.6) is 0 Å². The molecule has 144 valence electrons. The first kappa shape index (κ1) is 18.1. The van der Waals surface area contributed by atoms with Gasteiger partial charge in [0, 0.05) is 11.4 Å². The molecule has 0 atom stereocenters. The number of furan rings is 1. The summed E-state index contributed by atoms with van der Waals surface area (Å²) in [4.78, 5) is 6.41. The smallest absolute Gasteiger partial charge is 0.261 e. The molecule has 2 heterocycles. The Morgan fingerprint density at radius 1 is 1.11 bits per heavy atom. The molecule has 0 aliphatic carbocycles. The molecule has 0 saturated carbocycles. The van der Waals surface area contributed by atoms with E-state index in [0.29, 0.717) is 23.7 Å². The van der Waals surface area contributed by atoms with E-state index < -0.39 is 10.0 Å². The summed E-state index contributed by atoms with van der Waals surface area (Å²) in [6, 6.07) is 15.6. The number of hydrogen-bond donors (Lipinski definition) is 2. The van der Waals surface area contributed by atoms with Crippen LogP contribution in [0.2, 0.25) is 0 Å². The third kappa shape index (κ3) is 3.34. The maximum atomic E-state index is 12.6. The summed E-state index contributed by atoms with van der Waals surface area (Å²) < 4.78 is 33.0. The van der Waals surface area contributed by atoms with Gasteiger partial charge in [0.05, 0.1) is 16.4 Å². The van der Waals surface area contributed by atoms with E-state index in [1.165, 1.54) is 0 Å². The molecule has 1 aliphatic heterocycles. The van der Waals surface area contributed by atoms with Crippen LogP contribution < -0.4 is 26.1 Å². The van der Waals surface area contributed by atoms with E-state index in [2.05, 4.69) is 9.71 Å². The molecule has 7 nitrogen and oxygen atoms in total. The average molecular weight is 396 g/mol. The Bertz CT molecular complexity index is 1210. The molecule has 8 heteroatoms. The fourth-order valence-electron chi connectivity index (χ4n) is 3.02. The normalized spacial score (nSPS) is 13.8. The summed E-state index contributed by atoms with van der Waals surface area (Å²) in [5.41, 5.74) is 9.11. The van der Waals surface area contributed by atoms with Gasteiger partial charge in [0.15, 0.2) is 0 Å². The average Bonchev–Trinajstić information content (AvgIpc) is 3.19. The molecule has 0 radical (unpaired) electrons. The first-order valence-corrected chi connectivity index (χ1v) is 10.3. The van der Waals surface area contributed by atoms with Crippen molar-refractivity contribution in [2.45, 2.75) is 18.2 Å². The summed E-state index contributed by atoms with van der Waals surface area (Å²) in [7, 11) is -3.64. The third-order valence-corrected chi connectivity index (χ3v) is 6.04. The molecule has 1 aliphatic rings. The van der Waals surface area contributed by atoms with E-state index in [1.54, 1.807) is 48.7 Å². The molecule has 3 N–H and O–H groups in total. The maximum Gasteiger partial charge on any atom is 0.261 e. The first-order valence-electron chi connectivity index (χ1n) is 8.85. The van der Waals surface area contributed by atoms with Crippen LogP contribution in [-0.2, 0) is 16.4 Å². The highest BCUT2D eigenvalue weighted by Gasteiger charge is 2.17. The molecule has 0 saturated heterocycles. The molecule has 28 heavy (non-hydrogen) atoms. The van der Waals surface area contributed by atoms with Crippen LogP contribution >= 0.6 is 0 Å². The van der Waals surface area contributed by atoms with Crippen LogP contribution in [0.15, 0.2) is 75.2 Å². The quantitative estimate of drug-likeness (QED) is 0.684. The molecule has 0 spiro atoms. The Balaban J connectivity index is 1.55. The second-order valence-electron chi connectivity index (χ2n) is 6.40. The Kier molecular flexibility index (Phi) is 4.56. The summed E-state index contributed by atoms with van der Waals surface area (Å²) in [5.74, 6) is 0.545. The Labute approximate surface area is 162 Å². The van der Waals surface area contributed by atoms with Crippen LogP contribution in [0.3, 0.4) is 0 Å². The number of nitrogens with one attached hydrogen (secondary N) is 1. The van der Waals surface area contributed by atoms with Gasteiger partial charge in [0.1, 0.15) is 12.5 Å². The van der Waals surface area contributed by atoms with Gasteiger partial charge < -0.3 is 15.1 Å². The van der Waals surface area contributed by atoms with Gasteiger partial charge >= 0.3 is 0 Å². The highest BCUT2D eigenvalue weighted by Crippen LogP contribution is 2.23. The Morgan fingerprint density at radius 3 is 2.50 bits per heavy atom. The van der Waals surface area contributed by atoms with Gasteiger partial charge in [-0.3, -0.25) is 4.72 Å². The van der Waals surface area contributed by atoms with Gasteiger partial charge in [-0.2, -0.15) is 0 Å². The molecule has 2 aromatic carbocycles. The molecule has 3 aromatic rings. The van der Waals surface area contributed by atoms with Crippen molar-refractivity contribution < 1.29 is 12.8 Å². The van der Waals surface area contributed by atoms with Crippen molar-refractivity contribution in [3.63, 3.8) is 0 Å². The molecule has 4 rings (SSSR count). The van der Waals surface area contributed by atoms with Gasteiger partial charge in [-0.15, -0.1) is 0 Å². The van der Waals surface area contributed by atoms with Crippen LogP contribution in [0.1, 0.15) is 12.5 Å². The van der Waals surface area contributed by atoms with Crippen molar-refractivity contribution in [3.8, 4) is 0 Å². The van der Waals surface area contributed by atoms with Crippen molar-refractivity contribution >= 4 is 27.2 Å². The fraction of sp³-hybridized carbons (Fsp3) is 0.150. The monoisotopic (exact) mass is 396 g/mol. The van der Waals surface area contributed by atoms with E-state index in [4.69, 9.17) is 10.2 Å². The number of anilines is 2. The lowest BCUT2D eigenvalue weighted by atomic mass is 10.2. The number of rotatable bonds is 5. The number of sulfonamides is 1. The maximum absolute atomic E-state index is 12.6. The van der Waals surface area contributed by atoms with Crippen LogP contribution in [-0.4, -0.2) is 15.1 Å². The lowest BCUT2D eigenvalue weighted by Gasteiger charge is -2.24. The van der Waals surface area contributed by atoms with E-state index in [9.17, 15) is 8.42 Å². The molecular formula is C20H20N4O3S. The van der Waals surface area contributed by atoms with E-state index in [1.807, 2.05) is 24.0 Å². The van der Waals surface area contributed by atoms with E-state index >= 15 is 0 Å². The number of nitrogens with zero attached hydrogens (tertiary/aromatic N) is 2. The second-order valence-corrected chi connectivity index (χ2v) is 8.08. The predicted octanol–water partition coefficient (Wildman–Crippen LogP) is 1.76. The summed E-state index contributed by atoms with van der Waals surface area (Å²) in [5, 5.41) is 0.742. The highest BCUT2D eigenvalue weighted by atomic mass is 32.2. The topological polar surface area (TPSA) is 101 Å².